The van der Waals surface area contributed by atoms with Crippen LogP contribution in [-0.4, -0.2) is 31.2 Å². The summed E-state index contributed by atoms with van der Waals surface area (Å²) in [5, 5.41) is 2.92. The van der Waals surface area contributed by atoms with Gasteiger partial charge in [-0.3, -0.25) is 9.69 Å². The van der Waals surface area contributed by atoms with Gasteiger partial charge in [-0.05, 0) is 49.0 Å². The number of amides is 1. The molecule has 3 aromatic carbocycles. The van der Waals surface area contributed by atoms with E-state index in [4.69, 9.17) is 14.2 Å². The van der Waals surface area contributed by atoms with Crippen molar-refractivity contribution in [3.63, 3.8) is 0 Å². The number of hydrogen-bond donors (Lipinski definition) is 1. The first-order chi connectivity index (χ1) is 14.2. The molecule has 0 aromatic heterocycles. The zero-order valence-electron chi connectivity index (χ0n) is 16.1. The smallest absolute Gasteiger partial charge is 0.238 e. The van der Waals surface area contributed by atoms with Gasteiger partial charge in [-0.25, -0.2) is 0 Å². The van der Waals surface area contributed by atoms with Crippen LogP contribution in [0.15, 0.2) is 72.8 Å². The number of carbonyl (C=O) groups is 1. The molecular formula is C23H22N2O4. The Morgan fingerprint density at radius 3 is 2.62 bits per heavy atom. The van der Waals surface area contributed by atoms with Gasteiger partial charge in [-0.2, -0.15) is 0 Å². The van der Waals surface area contributed by atoms with Crippen molar-refractivity contribution in [3.8, 4) is 23.0 Å². The Labute approximate surface area is 169 Å². The van der Waals surface area contributed by atoms with Crippen molar-refractivity contribution in [2.24, 2.45) is 0 Å². The third-order valence-corrected chi connectivity index (χ3v) is 4.40. The van der Waals surface area contributed by atoms with Crippen LogP contribution in [0.5, 0.6) is 23.0 Å². The Bertz CT molecular complexity index is 991. The standard InChI is InChI=1S/C23H22N2O4/c1-25(14-17-10-11-21-22(12-17)28-16-27-21)15-23(26)24-18-6-5-9-20(13-18)29-19-7-3-2-4-8-19/h2-13H,14-16H2,1H3,(H,24,26). The number of fused-ring (bicyclic) bond motifs is 1. The summed E-state index contributed by atoms with van der Waals surface area (Å²) in [6, 6.07) is 22.7. The lowest BCUT2D eigenvalue weighted by atomic mass is 10.2. The van der Waals surface area contributed by atoms with E-state index in [2.05, 4.69) is 5.32 Å². The summed E-state index contributed by atoms with van der Waals surface area (Å²) in [5.41, 5.74) is 1.75. The van der Waals surface area contributed by atoms with Crippen molar-refractivity contribution < 1.29 is 19.0 Å². The minimum absolute atomic E-state index is 0.0925. The predicted octanol–water partition coefficient (Wildman–Crippen LogP) is 4.28. The van der Waals surface area contributed by atoms with E-state index in [1.165, 1.54) is 0 Å². The van der Waals surface area contributed by atoms with Crippen LogP contribution >= 0.6 is 0 Å². The molecule has 6 nitrogen and oxygen atoms in total. The van der Waals surface area contributed by atoms with Crippen LogP contribution in [0.4, 0.5) is 5.69 Å². The van der Waals surface area contributed by atoms with Crippen LogP contribution < -0.4 is 19.5 Å². The first kappa shape index (κ1) is 18.8. The molecule has 0 bridgehead atoms. The topological polar surface area (TPSA) is 60.0 Å². The molecule has 0 saturated heterocycles. The molecule has 1 N–H and O–H groups in total. The zero-order valence-corrected chi connectivity index (χ0v) is 16.1. The lowest BCUT2D eigenvalue weighted by Gasteiger charge is -2.17. The lowest BCUT2D eigenvalue weighted by molar-refractivity contribution is -0.117. The zero-order chi connectivity index (χ0) is 20.1. The number of benzene rings is 3. The Kier molecular flexibility index (Phi) is 5.63. The van der Waals surface area contributed by atoms with Gasteiger partial charge in [-0.15, -0.1) is 0 Å². The molecule has 1 amide bonds. The molecule has 0 spiro atoms. The van der Waals surface area contributed by atoms with Crippen molar-refractivity contribution in [2.75, 3.05) is 25.7 Å². The number of nitrogens with one attached hydrogen (secondary N) is 1. The fraction of sp³-hybridized carbons (Fsp3) is 0.174. The fourth-order valence-corrected chi connectivity index (χ4v) is 3.11. The molecule has 0 fully saturated rings. The number of para-hydroxylation sites is 1. The van der Waals surface area contributed by atoms with Gasteiger partial charge in [0.25, 0.3) is 0 Å². The Balaban J connectivity index is 1.31. The van der Waals surface area contributed by atoms with E-state index in [0.717, 1.165) is 22.8 Å². The van der Waals surface area contributed by atoms with Crippen LogP contribution in [0.25, 0.3) is 0 Å². The largest absolute Gasteiger partial charge is 0.457 e. The number of ether oxygens (including phenoxy) is 3. The highest BCUT2D eigenvalue weighted by Crippen LogP contribution is 2.32. The van der Waals surface area contributed by atoms with Crippen LogP contribution in [0.1, 0.15) is 5.56 Å². The van der Waals surface area contributed by atoms with Crippen LogP contribution in [0, 0.1) is 0 Å². The predicted molar refractivity (Wildman–Crippen MR) is 110 cm³/mol. The van der Waals surface area contributed by atoms with Gasteiger partial charge in [0.15, 0.2) is 11.5 Å². The van der Waals surface area contributed by atoms with E-state index in [1.807, 2.05) is 84.7 Å². The maximum Gasteiger partial charge on any atom is 0.238 e. The van der Waals surface area contributed by atoms with Crippen molar-refractivity contribution in [1.82, 2.24) is 4.90 Å². The highest BCUT2D eigenvalue weighted by molar-refractivity contribution is 5.92. The summed E-state index contributed by atoms with van der Waals surface area (Å²) in [4.78, 5) is 14.4. The Hall–Kier alpha value is -3.51. The molecule has 1 heterocycles. The second-order valence-electron chi connectivity index (χ2n) is 6.85. The lowest BCUT2D eigenvalue weighted by Crippen LogP contribution is -2.29. The molecule has 3 aromatic rings. The molecular weight excluding hydrogens is 368 g/mol. The fourth-order valence-electron chi connectivity index (χ4n) is 3.11. The highest BCUT2D eigenvalue weighted by atomic mass is 16.7. The van der Waals surface area contributed by atoms with Crippen molar-refractivity contribution in [3.05, 3.63) is 78.4 Å². The molecule has 4 rings (SSSR count). The minimum Gasteiger partial charge on any atom is -0.457 e. The van der Waals surface area contributed by atoms with E-state index < -0.39 is 0 Å². The summed E-state index contributed by atoms with van der Waals surface area (Å²) in [6.45, 7) is 1.14. The number of anilines is 1. The molecule has 6 heteroatoms. The number of nitrogens with zero attached hydrogens (tertiary/aromatic N) is 1. The van der Waals surface area contributed by atoms with E-state index in [1.54, 1.807) is 0 Å². The molecule has 0 saturated carbocycles. The highest BCUT2D eigenvalue weighted by Gasteiger charge is 2.14. The van der Waals surface area contributed by atoms with E-state index in [9.17, 15) is 4.79 Å². The molecule has 29 heavy (non-hydrogen) atoms. The molecule has 0 radical (unpaired) electrons. The number of carbonyl (C=O) groups excluding carboxylic acids is 1. The average Bonchev–Trinajstić information content (AvgIpc) is 3.16. The van der Waals surface area contributed by atoms with Gasteiger partial charge in [0, 0.05) is 18.3 Å². The summed E-state index contributed by atoms with van der Waals surface area (Å²) in [5.74, 6) is 2.83. The van der Waals surface area contributed by atoms with E-state index in [0.29, 0.717) is 18.0 Å². The number of rotatable bonds is 7. The van der Waals surface area contributed by atoms with Gasteiger partial charge in [0.05, 0.1) is 6.54 Å². The summed E-state index contributed by atoms with van der Waals surface area (Å²) in [6.07, 6.45) is 0. The maximum absolute atomic E-state index is 12.4. The van der Waals surface area contributed by atoms with Gasteiger partial charge in [0.2, 0.25) is 12.7 Å². The van der Waals surface area contributed by atoms with Crippen molar-refractivity contribution in [1.29, 1.82) is 0 Å². The van der Waals surface area contributed by atoms with E-state index >= 15 is 0 Å². The minimum atomic E-state index is -0.0925. The first-order valence-electron chi connectivity index (χ1n) is 9.35. The van der Waals surface area contributed by atoms with Gasteiger partial charge >= 0.3 is 0 Å². The SMILES string of the molecule is CN(CC(=O)Nc1cccc(Oc2ccccc2)c1)Cc1ccc2c(c1)OCO2. The summed E-state index contributed by atoms with van der Waals surface area (Å²) in [7, 11) is 1.90. The van der Waals surface area contributed by atoms with Crippen molar-refractivity contribution >= 4 is 11.6 Å². The molecule has 0 aliphatic carbocycles. The molecule has 148 valence electrons. The Morgan fingerprint density at radius 1 is 0.966 bits per heavy atom. The monoisotopic (exact) mass is 390 g/mol. The van der Waals surface area contributed by atoms with Crippen LogP contribution in [0.3, 0.4) is 0 Å². The van der Waals surface area contributed by atoms with Crippen LogP contribution in [0.2, 0.25) is 0 Å². The van der Waals surface area contributed by atoms with Gasteiger partial charge in [0.1, 0.15) is 11.5 Å². The van der Waals surface area contributed by atoms with Gasteiger partial charge in [-0.1, -0.05) is 30.3 Å². The molecule has 0 unspecified atom stereocenters. The van der Waals surface area contributed by atoms with Crippen LogP contribution in [-0.2, 0) is 11.3 Å². The van der Waals surface area contributed by atoms with Crippen molar-refractivity contribution in [2.45, 2.75) is 6.54 Å². The number of hydrogen-bond acceptors (Lipinski definition) is 5. The Morgan fingerprint density at radius 2 is 1.76 bits per heavy atom. The van der Waals surface area contributed by atoms with Gasteiger partial charge < -0.3 is 19.5 Å². The second-order valence-corrected chi connectivity index (χ2v) is 6.85. The third-order valence-electron chi connectivity index (χ3n) is 4.40. The quantitative estimate of drug-likeness (QED) is 0.653. The second kappa shape index (κ2) is 8.67. The summed E-state index contributed by atoms with van der Waals surface area (Å²) < 4.78 is 16.5. The molecule has 1 aliphatic rings. The maximum atomic E-state index is 12.4. The molecule has 1 aliphatic heterocycles. The molecule has 0 atom stereocenters. The normalized spacial score (nSPS) is 12.1. The number of likely N-dealkylation sites (N-methyl/N-ethyl adjacent to an activating group) is 1. The average molecular weight is 390 g/mol. The van der Waals surface area contributed by atoms with E-state index in [-0.39, 0.29) is 19.2 Å². The summed E-state index contributed by atoms with van der Waals surface area (Å²) >= 11 is 0. The third kappa shape index (κ3) is 5.06. The first-order valence-corrected chi connectivity index (χ1v) is 9.35.